The second kappa shape index (κ2) is 7.65. The molecule has 110 valence electrons. The first-order chi connectivity index (χ1) is 9.45. The van der Waals surface area contributed by atoms with Gasteiger partial charge in [-0.15, -0.1) is 0 Å². The lowest BCUT2D eigenvalue weighted by molar-refractivity contribution is -0.136. The lowest BCUT2D eigenvalue weighted by Gasteiger charge is -2.13. The molecule has 0 aliphatic rings. The number of anilines is 1. The molecule has 1 aromatic rings. The summed E-state index contributed by atoms with van der Waals surface area (Å²) in [5.74, 6) is -1.22. The predicted octanol–water partition coefficient (Wildman–Crippen LogP) is 1.17. The summed E-state index contributed by atoms with van der Waals surface area (Å²) in [4.78, 5) is 25.5. The van der Waals surface area contributed by atoms with Gasteiger partial charge in [-0.2, -0.15) is 0 Å². The van der Waals surface area contributed by atoms with Crippen LogP contribution in [0.3, 0.4) is 0 Å². The van der Waals surface area contributed by atoms with E-state index in [9.17, 15) is 9.59 Å². The summed E-state index contributed by atoms with van der Waals surface area (Å²) in [6.45, 7) is 5.08. The van der Waals surface area contributed by atoms with Gasteiger partial charge in [-0.05, 0) is 38.6 Å². The predicted molar refractivity (Wildman–Crippen MR) is 80.8 cm³/mol. The van der Waals surface area contributed by atoms with Crippen LogP contribution in [0, 0.1) is 6.92 Å². The quantitative estimate of drug-likeness (QED) is 0.794. The molecule has 1 aromatic carbocycles. The molecule has 0 spiro atoms. The Morgan fingerprint density at radius 3 is 2.50 bits per heavy atom. The van der Waals surface area contributed by atoms with E-state index in [1.54, 1.807) is 0 Å². The molecule has 0 bridgehead atoms. The van der Waals surface area contributed by atoms with Crippen LogP contribution >= 0.6 is 0 Å². The van der Waals surface area contributed by atoms with Crippen molar-refractivity contribution in [3.05, 3.63) is 29.3 Å². The van der Waals surface area contributed by atoms with Gasteiger partial charge in [-0.1, -0.05) is 25.1 Å². The van der Waals surface area contributed by atoms with Crippen molar-refractivity contribution in [1.29, 1.82) is 0 Å². The molecular weight excluding hydrogens is 254 g/mol. The number of hydrogen-bond donors (Lipinski definition) is 2. The third kappa shape index (κ3) is 4.66. The molecule has 0 aliphatic heterocycles. The highest BCUT2D eigenvalue weighted by Gasteiger charge is 2.15. The number of likely N-dealkylation sites (N-methyl/N-ethyl adjacent to an activating group) is 1. The van der Waals surface area contributed by atoms with Gasteiger partial charge in [0, 0.05) is 18.8 Å². The average molecular weight is 277 g/mol. The number of hydrogen-bond acceptors (Lipinski definition) is 3. The molecule has 0 saturated heterocycles. The zero-order valence-corrected chi connectivity index (χ0v) is 12.6. The van der Waals surface area contributed by atoms with Crippen LogP contribution in [0.15, 0.2) is 18.2 Å². The van der Waals surface area contributed by atoms with Crippen molar-refractivity contribution in [2.24, 2.45) is 0 Å². The molecule has 5 nitrogen and oxygen atoms in total. The largest absolute Gasteiger partial charge is 0.347 e. The Kier molecular flexibility index (Phi) is 6.18. The molecule has 0 aliphatic carbocycles. The molecule has 5 heteroatoms. The van der Waals surface area contributed by atoms with Gasteiger partial charge in [0.1, 0.15) is 0 Å². The van der Waals surface area contributed by atoms with Crippen molar-refractivity contribution < 1.29 is 9.59 Å². The summed E-state index contributed by atoms with van der Waals surface area (Å²) in [6.07, 6.45) is 0.805. The van der Waals surface area contributed by atoms with Gasteiger partial charge >= 0.3 is 11.8 Å². The van der Waals surface area contributed by atoms with E-state index in [2.05, 4.69) is 10.6 Å². The van der Waals surface area contributed by atoms with Crippen molar-refractivity contribution in [1.82, 2.24) is 10.2 Å². The maximum absolute atomic E-state index is 11.9. The molecule has 0 unspecified atom stereocenters. The maximum Gasteiger partial charge on any atom is 0.313 e. The van der Waals surface area contributed by atoms with Crippen molar-refractivity contribution in [2.75, 3.05) is 32.5 Å². The van der Waals surface area contributed by atoms with Gasteiger partial charge in [-0.25, -0.2) is 0 Å². The fraction of sp³-hybridized carbons (Fsp3) is 0.467. The lowest BCUT2D eigenvalue weighted by Crippen LogP contribution is -2.39. The summed E-state index contributed by atoms with van der Waals surface area (Å²) in [7, 11) is 3.82. The highest BCUT2D eigenvalue weighted by atomic mass is 16.2. The summed E-state index contributed by atoms with van der Waals surface area (Å²) in [5, 5.41) is 5.30. The zero-order chi connectivity index (χ0) is 15.1. The third-order valence-electron chi connectivity index (χ3n) is 3.03. The Hall–Kier alpha value is -1.88. The number of para-hydroxylation sites is 1. The van der Waals surface area contributed by atoms with Gasteiger partial charge in [0.15, 0.2) is 0 Å². The van der Waals surface area contributed by atoms with Gasteiger partial charge in [-0.3, -0.25) is 9.59 Å². The van der Waals surface area contributed by atoms with E-state index in [1.165, 1.54) is 0 Å². The summed E-state index contributed by atoms with van der Waals surface area (Å²) in [5.41, 5.74) is 2.72. The Morgan fingerprint density at radius 1 is 1.20 bits per heavy atom. The number of rotatable bonds is 5. The van der Waals surface area contributed by atoms with Crippen molar-refractivity contribution in [3.8, 4) is 0 Å². The number of carbonyl (C=O) groups is 2. The first-order valence-corrected chi connectivity index (χ1v) is 6.78. The maximum atomic E-state index is 11.9. The first-order valence-electron chi connectivity index (χ1n) is 6.78. The van der Waals surface area contributed by atoms with E-state index in [1.807, 2.05) is 51.0 Å². The van der Waals surface area contributed by atoms with Crippen LogP contribution in [0.2, 0.25) is 0 Å². The normalized spacial score (nSPS) is 10.4. The van der Waals surface area contributed by atoms with Crippen LogP contribution in [-0.4, -0.2) is 43.9 Å². The molecule has 0 fully saturated rings. The van der Waals surface area contributed by atoms with Gasteiger partial charge < -0.3 is 15.5 Å². The molecular formula is C15H23N3O2. The zero-order valence-electron chi connectivity index (χ0n) is 12.6. The van der Waals surface area contributed by atoms with E-state index >= 15 is 0 Å². The van der Waals surface area contributed by atoms with Crippen LogP contribution in [-0.2, 0) is 16.0 Å². The lowest BCUT2D eigenvalue weighted by atomic mass is 10.1. The number of amides is 2. The highest BCUT2D eigenvalue weighted by molar-refractivity contribution is 6.39. The van der Waals surface area contributed by atoms with E-state index < -0.39 is 11.8 Å². The molecule has 1 rings (SSSR count). The third-order valence-corrected chi connectivity index (χ3v) is 3.03. The molecule has 0 saturated carbocycles. The average Bonchev–Trinajstić information content (AvgIpc) is 2.40. The second-order valence-electron chi connectivity index (χ2n) is 4.98. The van der Waals surface area contributed by atoms with Crippen LogP contribution in [0.1, 0.15) is 18.1 Å². The first kappa shape index (κ1) is 16.2. The Morgan fingerprint density at radius 2 is 1.90 bits per heavy atom. The van der Waals surface area contributed by atoms with Gasteiger partial charge in [0.2, 0.25) is 0 Å². The summed E-state index contributed by atoms with van der Waals surface area (Å²) < 4.78 is 0. The van der Waals surface area contributed by atoms with E-state index in [0.717, 1.165) is 23.2 Å². The minimum Gasteiger partial charge on any atom is -0.347 e. The number of carbonyl (C=O) groups excluding carboxylic acids is 2. The van der Waals surface area contributed by atoms with Crippen LogP contribution in [0.25, 0.3) is 0 Å². The fourth-order valence-corrected chi connectivity index (χ4v) is 1.85. The Balaban J connectivity index is 2.64. The molecule has 0 aromatic heterocycles. The standard InChI is InChI=1S/C15H23N3O2/c1-5-12-8-6-7-11(2)13(12)17-15(20)14(19)16-9-10-18(3)4/h6-8H,5,9-10H2,1-4H3,(H,16,19)(H,17,20). The fourth-order valence-electron chi connectivity index (χ4n) is 1.85. The molecule has 0 atom stereocenters. The van der Waals surface area contributed by atoms with E-state index in [4.69, 9.17) is 0 Å². The van der Waals surface area contributed by atoms with Crippen molar-refractivity contribution in [2.45, 2.75) is 20.3 Å². The Bertz CT molecular complexity index is 484. The van der Waals surface area contributed by atoms with E-state index in [0.29, 0.717) is 13.1 Å². The molecule has 2 amide bonds. The van der Waals surface area contributed by atoms with Crippen molar-refractivity contribution >= 4 is 17.5 Å². The second-order valence-corrected chi connectivity index (χ2v) is 4.98. The van der Waals surface area contributed by atoms with Crippen molar-refractivity contribution in [3.63, 3.8) is 0 Å². The van der Waals surface area contributed by atoms with Crippen LogP contribution in [0.5, 0.6) is 0 Å². The van der Waals surface area contributed by atoms with Crippen LogP contribution in [0.4, 0.5) is 5.69 Å². The van der Waals surface area contributed by atoms with Gasteiger partial charge in [0.25, 0.3) is 0 Å². The number of aryl methyl sites for hydroxylation is 2. The topological polar surface area (TPSA) is 61.4 Å². The van der Waals surface area contributed by atoms with E-state index in [-0.39, 0.29) is 0 Å². The molecule has 0 radical (unpaired) electrons. The molecule has 2 N–H and O–H groups in total. The highest BCUT2D eigenvalue weighted by Crippen LogP contribution is 2.20. The summed E-state index contributed by atoms with van der Waals surface area (Å²) >= 11 is 0. The number of benzene rings is 1. The summed E-state index contributed by atoms with van der Waals surface area (Å²) in [6, 6.07) is 5.81. The van der Waals surface area contributed by atoms with Gasteiger partial charge in [0.05, 0.1) is 0 Å². The monoisotopic (exact) mass is 277 g/mol. The van der Waals surface area contributed by atoms with Crippen LogP contribution < -0.4 is 10.6 Å². The number of nitrogens with zero attached hydrogens (tertiary/aromatic N) is 1. The Labute approximate surface area is 120 Å². The smallest absolute Gasteiger partial charge is 0.313 e. The number of nitrogens with one attached hydrogen (secondary N) is 2. The molecule has 20 heavy (non-hydrogen) atoms. The minimum atomic E-state index is -0.618. The minimum absolute atomic E-state index is 0.452. The molecule has 0 heterocycles. The SMILES string of the molecule is CCc1cccc(C)c1NC(=O)C(=O)NCCN(C)C.